The molecule has 2 aromatic rings. The van der Waals surface area contributed by atoms with E-state index in [1.165, 1.54) is 13.2 Å². The fraction of sp³-hybridized carbons (Fsp3) is 0.417. The standard InChI is InChI=1S/C24H28F2N2O4/c1-4-11-27(2)21(29)14-28-13-18(16-7-10-19(25)20(26)12-16)22(24(30)31)23(28)15-5-8-17(32-3)9-6-15/h5-10,12,18,22-23H,4,11,13-14H2,1-3H3,(H,30,31)/t18?,22-,23+/m0/s1. The monoisotopic (exact) mass is 446 g/mol. The van der Waals surface area contributed by atoms with Crippen LogP contribution in [0.3, 0.4) is 0 Å². The Bertz CT molecular complexity index is 967. The lowest BCUT2D eigenvalue weighted by Gasteiger charge is -2.28. The van der Waals surface area contributed by atoms with Crippen LogP contribution in [0.15, 0.2) is 42.5 Å². The van der Waals surface area contributed by atoms with E-state index in [0.717, 1.165) is 18.6 Å². The molecule has 1 unspecified atom stereocenters. The normalized spacial score (nSPS) is 20.8. The summed E-state index contributed by atoms with van der Waals surface area (Å²) in [6.07, 6.45) is 0.805. The minimum Gasteiger partial charge on any atom is -0.497 e. The van der Waals surface area contributed by atoms with Crippen molar-refractivity contribution in [1.82, 2.24) is 9.80 Å². The first-order valence-corrected chi connectivity index (χ1v) is 10.6. The molecule has 32 heavy (non-hydrogen) atoms. The Labute approximate surface area is 186 Å². The Morgan fingerprint density at radius 2 is 1.78 bits per heavy atom. The van der Waals surface area contributed by atoms with E-state index >= 15 is 0 Å². The molecule has 1 heterocycles. The van der Waals surface area contributed by atoms with Crippen LogP contribution in [0.25, 0.3) is 0 Å². The van der Waals surface area contributed by atoms with Gasteiger partial charge in [0.15, 0.2) is 11.6 Å². The highest BCUT2D eigenvalue weighted by molar-refractivity contribution is 5.79. The number of methoxy groups -OCH3 is 1. The van der Waals surface area contributed by atoms with Crippen LogP contribution < -0.4 is 4.74 Å². The Balaban J connectivity index is 2.02. The topological polar surface area (TPSA) is 70.1 Å². The number of carboxylic acids is 1. The molecule has 3 rings (SSSR count). The third-order valence-corrected chi connectivity index (χ3v) is 6.04. The maximum absolute atomic E-state index is 14.0. The molecule has 0 spiro atoms. The first-order chi connectivity index (χ1) is 15.3. The molecule has 0 radical (unpaired) electrons. The van der Waals surface area contributed by atoms with Crippen molar-refractivity contribution in [1.29, 1.82) is 0 Å². The molecule has 6 nitrogen and oxygen atoms in total. The highest BCUT2D eigenvalue weighted by atomic mass is 19.2. The van der Waals surface area contributed by atoms with Crippen molar-refractivity contribution in [3.8, 4) is 5.75 Å². The van der Waals surface area contributed by atoms with E-state index in [2.05, 4.69) is 0 Å². The molecular formula is C24H28F2N2O4. The number of hydrogen-bond donors (Lipinski definition) is 1. The average Bonchev–Trinajstić information content (AvgIpc) is 3.15. The second-order valence-electron chi connectivity index (χ2n) is 8.11. The summed E-state index contributed by atoms with van der Waals surface area (Å²) in [6.45, 7) is 2.82. The number of halogens is 2. The molecule has 2 aromatic carbocycles. The molecule has 1 fully saturated rings. The van der Waals surface area contributed by atoms with Crippen LogP contribution in [-0.2, 0) is 9.59 Å². The molecule has 3 atom stereocenters. The molecular weight excluding hydrogens is 418 g/mol. The predicted molar refractivity (Wildman–Crippen MR) is 115 cm³/mol. The van der Waals surface area contributed by atoms with E-state index in [1.807, 2.05) is 11.8 Å². The van der Waals surface area contributed by atoms with Gasteiger partial charge in [-0.1, -0.05) is 25.1 Å². The van der Waals surface area contributed by atoms with Gasteiger partial charge in [-0.25, -0.2) is 8.78 Å². The molecule has 0 aliphatic carbocycles. The van der Waals surface area contributed by atoms with Gasteiger partial charge in [0.05, 0.1) is 19.6 Å². The van der Waals surface area contributed by atoms with Crippen LogP contribution in [0.2, 0.25) is 0 Å². The van der Waals surface area contributed by atoms with Crippen molar-refractivity contribution in [3.63, 3.8) is 0 Å². The molecule has 1 aliphatic rings. The largest absolute Gasteiger partial charge is 0.497 e. The Morgan fingerprint density at radius 1 is 1.12 bits per heavy atom. The SMILES string of the molecule is CCCN(C)C(=O)CN1CC(c2ccc(F)c(F)c2)[C@H](C(=O)O)[C@H]1c1ccc(OC)cc1. The zero-order valence-corrected chi connectivity index (χ0v) is 18.4. The number of nitrogens with zero attached hydrogens (tertiary/aromatic N) is 2. The van der Waals surface area contributed by atoms with Crippen LogP contribution in [0.4, 0.5) is 8.78 Å². The minimum atomic E-state index is -1.06. The molecule has 0 aromatic heterocycles. The van der Waals surface area contributed by atoms with Crippen LogP contribution >= 0.6 is 0 Å². The summed E-state index contributed by atoms with van der Waals surface area (Å²) in [4.78, 5) is 28.6. The summed E-state index contributed by atoms with van der Waals surface area (Å²) >= 11 is 0. The van der Waals surface area contributed by atoms with Gasteiger partial charge in [-0.05, 0) is 41.8 Å². The van der Waals surface area contributed by atoms with E-state index in [0.29, 0.717) is 23.4 Å². The number of benzene rings is 2. The third-order valence-electron chi connectivity index (χ3n) is 6.04. The van der Waals surface area contributed by atoms with E-state index in [4.69, 9.17) is 4.74 Å². The summed E-state index contributed by atoms with van der Waals surface area (Å²) in [5.41, 5.74) is 1.11. The smallest absolute Gasteiger partial charge is 0.309 e. The van der Waals surface area contributed by atoms with Gasteiger partial charge in [-0.15, -0.1) is 0 Å². The number of hydrogen-bond acceptors (Lipinski definition) is 4. The fourth-order valence-electron chi connectivity index (χ4n) is 4.43. The zero-order valence-electron chi connectivity index (χ0n) is 18.4. The number of rotatable bonds is 8. The second kappa shape index (κ2) is 10.1. The molecule has 8 heteroatoms. The van der Waals surface area contributed by atoms with Crippen molar-refractivity contribution in [2.45, 2.75) is 25.3 Å². The molecule has 1 saturated heterocycles. The number of likely N-dealkylation sites (tertiary alicyclic amines) is 1. The van der Waals surface area contributed by atoms with Gasteiger partial charge in [0.2, 0.25) is 5.91 Å². The van der Waals surface area contributed by atoms with E-state index < -0.39 is 35.5 Å². The Morgan fingerprint density at radius 3 is 2.34 bits per heavy atom. The summed E-state index contributed by atoms with van der Waals surface area (Å²) < 4.78 is 32.7. The number of ether oxygens (including phenoxy) is 1. The number of carboxylic acid groups (broad SMARTS) is 1. The van der Waals surface area contributed by atoms with Crippen LogP contribution in [0.1, 0.15) is 36.4 Å². The van der Waals surface area contributed by atoms with E-state index in [-0.39, 0.29) is 19.0 Å². The molecule has 1 amide bonds. The van der Waals surface area contributed by atoms with Gasteiger partial charge in [0, 0.05) is 32.1 Å². The molecule has 172 valence electrons. The third kappa shape index (κ3) is 4.91. The van der Waals surface area contributed by atoms with Crippen LogP contribution in [0.5, 0.6) is 5.75 Å². The van der Waals surface area contributed by atoms with Gasteiger partial charge < -0.3 is 14.7 Å². The van der Waals surface area contributed by atoms with Gasteiger partial charge in [0.25, 0.3) is 0 Å². The summed E-state index contributed by atoms with van der Waals surface area (Å²) in [5.74, 6) is -4.13. The first kappa shape index (κ1) is 23.7. The van der Waals surface area contributed by atoms with Crippen LogP contribution in [0, 0.1) is 17.6 Å². The molecule has 0 saturated carbocycles. The van der Waals surface area contributed by atoms with E-state index in [1.54, 1.807) is 36.2 Å². The van der Waals surface area contributed by atoms with Crippen molar-refractivity contribution in [2.75, 3.05) is 33.8 Å². The highest BCUT2D eigenvalue weighted by Crippen LogP contribution is 2.46. The molecule has 1 N–H and O–H groups in total. The summed E-state index contributed by atoms with van der Waals surface area (Å²) in [6, 6.07) is 9.89. The Kier molecular flexibility index (Phi) is 7.45. The summed E-state index contributed by atoms with van der Waals surface area (Å²) in [5, 5.41) is 10.1. The number of carbonyl (C=O) groups is 2. The summed E-state index contributed by atoms with van der Waals surface area (Å²) in [7, 11) is 3.25. The Hall–Kier alpha value is -3.00. The number of carbonyl (C=O) groups excluding carboxylic acids is 1. The lowest BCUT2D eigenvalue weighted by Crippen LogP contribution is -2.39. The van der Waals surface area contributed by atoms with Gasteiger partial charge in [-0.3, -0.25) is 14.5 Å². The highest BCUT2D eigenvalue weighted by Gasteiger charge is 2.48. The van der Waals surface area contributed by atoms with Crippen molar-refractivity contribution in [2.24, 2.45) is 5.92 Å². The van der Waals surface area contributed by atoms with Crippen molar-refractivity contribution >= 4 is 11.9 Å². The first-order valence-electron chi connectivity index (χ1n) is 10.6. The number of aliphatic carboxylic acids is 1. The number of likely N-dealkylation sites (N-methyl/N-ethyl adjacent to an activating group) is 1. The predicted octanol–water partition coefficient (Wildman–Crippen LogP) is 3.68. The quantitative estimate of drug-likeness (QED) is 0.670. The fourth-order valence-corrected chi connectivity index (χ4v) is 4.43. The minimum absolute atomic E-state index is 0.0250. The number of amides is 1. The van der Waals surface area contributed by atoms with Gasteiger partial charge >= 0.3 is 5.97 Å². The second-order valence-corrected chi connectivity index (χ2v) is 8.11. The maximum Gasteiger partial charge on any atom is 0.309 e. The molecule has 1 aliphatic heterocycles. The molecule has 0 bridgehead atoms. The van der Waals surface area contributed by atoms with Gasteiger partial charge in [-0.2, -0.15) is 0 Å². The van der Waals surface area contributed by atoms with Crippen LogP contribution in [-0.4, -0.2) is 60.6 Å². The average molecular weight is 446 g/mol. The maximum atomic E-state index is 14.0. The lowest BCUT2D eigenvalue weighted by atomic mass is 9.83. The lowest BCUT2D eigenvalue weighted by molar-refractivity contribution is -0.143. The zero-order chi connectivity index (χ0) is 23.4. The van der Waals surface area contributed by atoms with E-state index in [9.17, 15) is 23.5 Å². The van der Waals surface area contributed by atoms with Crippen molar-refractivity contribution < 1.29 is 28.2 Å². The van der Waals surface area contributed by atoms with Crippen molar-refractivity contribution in [3.05, 3.63) is 65.2 Å². The van der Waals surface area contributed by atoms with Gasteiger partial charge in [0.1, 0.15) is 5.75 Å².